The van der Waals surface area contributed by atoms with E-state index in [0.29, 0.717) is 37.5 Å². The molecule has 0 spiro atoms. The Bertz CT molecular complexity index is 652. The Hall–Kier alpha value is -0.320. The molecule has 0 aromatic rings. The monoisotopic (exact) mass is 574 g/mol. The second kappa shape index (κ2) is 13.1. The van der Waals surface area contributed by atoms with Gasteiger partial charge in [0.2, 0.25) is 11.6 Å². The van der Waals surface area contributed by atoms with E-state index in [1.165, 1.54) is 0 Å². The molecule has 2 fully saturated rings. The van der Waals surface area contributed by atoms with Crippen LogP contribution in [0.5, 0.6) is 0 Å². The first-order valence-electron chi connectivity index (χ1n) is 15.5. The molecular weight excluding hydrogens is 512 g/mol. The highest BCUT2D eigenvalue weighted by molar-refractivity contribution is 4.95. The van der Waals surface area contributed by atoms with Crippen molar-refractivity contribution in [1.29, 1.82) is 0 Å². The van der Waals surface area contributed by atoms with Gasteiger partial charge in [-0.3, -0.25) is 0 Å². The van der Waals surface area contributed by atoms with E-state index in [1.807, 2.05) is 83.1 Å². The van der Waals surface area contributed by atoms with Crippen LogP contribution in [0.15, 0.2) is 0 Å². The Morgan fingerprint density at radius 3 is 0.850 bits per heavy atom. The van der Waals surface area contributed by atoms with Gasteiger partial charge in [-0.05, 0) is 126 Å². The van der Waals surface area contributed by atoms with Gasteiger partial charge in [-0.15, -0.1) is 0 Å². The molecule has 0 amide bonds. The smallest absolute Gasteiger partial charge is 0.228 e. The minimum Gasteiger partial charge on any atom is -0.228 e. The molecule has 8 nitrogen and oxygen atoms in total. The fourth-order valence-electron chi connectivity index (χ4n) is 5.51. The second-order valence-electron chi connectivity index (χ2n) is 16.3. The van der Waals surface area contributed by atoms with Crippen molar-refractivity contribution in [2.24, 2.45) is 17.3 Å². The van der Waals surface area contributed by atoms with Crippen molar-refractivity contribution < 1.29 is 39.1 Å². The maximum Gasteiger partial charge on any atom is 0.234 e. The van der Waals surface area contributed by atoms with Crippen LogP contribution in [-0.2, 0) is 39.1 Å². The van der Waals surface area contributed by atoms with Crippen molar-refractivity contribution in [2.45, 2.75) is 189 Å². The Kier molecular flexibility index (Phi) is 11.8. The van der Waals surface area contributed by atoms with Crippen LogP contribution in [0.2, 0.25) is 0 Å². The van der Waals surface area contributed by atoms with E-state index in [0.717, 1.165) is 32.1 Å². The molecule has 0 bridgehead atoms. The molecule has 2 saturated carbocycles. The molecule has 238 valence electrons. The lowest BCUT2D eigenvalue weighted by molar-refractivity contribution is -0.548. The predicted octanol–water partition coefficient (Wildman–Crippen LogP) is 9.16. The average Bonchev–Trinajstić information content (AvgIpc) is 2.83. The molecule has 2 rings (SSSR count). The van der Waals surface area contributed by atoms with Crippen molar-refractivity contribution in [3.05, 3.63) is 0 Å². The molecule has 0 unspecified atom stereocenters. The quantitative estimate of drug-likeness (QED) is 0.137. The summed E-state index contributed by atoms with van der Waals surface area (Å²) in [6.07, 6.45) is 7.82. The van der Waals surface area contributed by atoms with Gasteiger partial charge >= 0.3 is 0 Å². The third kappa shape index (κ3) is 11.4. The molecule has 0 radical (unpaired) electrons. The molecule has 2 aliphatic rings. The lowest BCUT2D eigenvalue weighted by atomic mass is 9.58. The number of hydrogen-bond donors (Lipinski definition) is 0. The molecular formula is C32H62O8. The first kappa shape index (κ1) is 35.9. The average molecular weight is 575 g/mol. The van der Waals surface area contributed by atoms with Crippen LogP contribution in [-0.4, -0.2) is 34.0 Å². The Balaban J connectivity index is 2.12. The molecule has 0 N–H and O–H groups in total. The third-order valence-corrected chi connectivity index (χ3v) is 7.90. The lowest BCUT2D eigenvalue weighted by Gasteiger charge is -2.51. The van der Waals surface area contributed by atoms with Gasteiger partial charge in [-0.1, -0.05) is 20.3 Å². The van der Waals surface area contributed by atoms with Crippen LogP contribution >= 0.6 is 0 Å². The van der Waals surface area contributed by atoms with E-state index in [4.69, 9.17) is 39.1 Å². The van der Waals surface area contributed by atoms with Crippen LogP contribution in [0.1, 0.15) is 155 Å². The van der Waals surface area contributed by atoms with Gasteiger partial charge in [0.1, 0.15) is 0 Å². The van der Waals surface area contributed by atoms with Gasteiger partial charge in [0, 0.05) is 25.7 Å². The zero-order valence-electron chi connectivity index (χ0n) is 28.3. The topological polar surface area (TPSA) is 73.8 Å². The van der Waals surface area contributed by atoms with Crippen LogP contribution in [0.25, 0.3) is 0 Å². The van der Waals surface area contributed by atoms with Gasteiger partial charge in [0.05, 0.1) is 22.4 Å². The predicted molar refractivity (Wildman–Crippen MR) is 155 cm³/mol. The highest BCUT2D eigenvalue weighted by atomic mass is 17.3. The Morgan fingerprint density at radius 2 is 0.675 bits per heavy atom. The zero-order chi connectivity index (χ0) is 30.7. The summed E-state index contributed by atoms with van der Waals surface area (Å²) in [5.41, 5.74) is -1.63. The molecule has 40 heavy (non-hydrogen) atoms. The Labute approximate surface area is 245 Å². The molecule has 0 aliphatic heterocycles. The van der Waals surface area contributed by atoms with Crippen molar-refractivity contribution in [2.75, 3.05) is 0 Å². The highest BCUT2D eigenvalue weighted by Crippen LogP contribution is 2.54. The number of hydrogen-bond acceptors (Lipinski definition) is 8. The Morgan fingerprint density at radius 1 is 0.450 bits per heavy atom. The van der Waals surface area contributed by atoms with Gasteiger partial charge < -0.3 is 0 Å². The minimum absolute atomic E-state index is 0.157. The van der Waals surface area contributed by atoms with Crippen molar-refractivity contribution in [3.8, 4) is 0 Å². The van der Waals surface area contributed by atoms with Gasteiger partial charge in [-0.25, -0.2) is 19.6 Å². The van der Waals surface area contributed by atoms with E-state index in [2.05, 4.69) is 13.8 Å². The molecule has 0 aromatic carbocycles. The van der Waals surface area contributed by atoms with E-state index in [9.17, 15) is 0 Å². The summed E-state index contributed by atoms with van der Waals surface area (Å²) < 4.78 is 0. The van der Waals surface area contributed by atoms with E-state index >= 15 is 0 Å². The molecule has 8 heteroatoms. The van der Waals surface area contributed by atoms with Crippen LogP contribution in [0.3, 0.4) is 0 Å². The first-order valence-corrected chi connectivity index (χ1v) is 15.5. The van der Waals surface area contributed by atoms with Crippen molar-refractivity contribution >= 4 is 0 Å². The fraction of sp³-hybridized carbons (Fsp3) is 1.00. The van der Waals surface area contributed by atoms with Crippen LogP contribution in [0.4, 0.5) is 0 Å². The highest BCUT2D eigenvalue weighted by Gasteiger charge is 2.51. The van der Waals surface area contributed by atoms with Crippen LogP contribution < -0.4 is 0 Å². The van der Waals surface area contributed by atoms with E-state index < -0.39 is 34.0 Å². The standard InChI is InChI=1S/C32H62O8/c1-15-30(14,24-16-20-31(21-17-24,37-33-26(2,3)4)38-34-27(5,6)7)25-18-22-32(23-19-25,39-35-28(8,9)10)40-36-29(11,12)13/h24-25H,15-23H2,1-14H3. The maximum atomic E-state index is 6.00. The summed E-state index contributed by atoms with van der Waals surface area (Å²) in [6, 6.07) is 0. The van der Waals surface area contributed by atoms with Gasteiger partial charge in [0.15, 0.2) is 0 Å². The largest absolute Gasteiger partial charge is 0.234 e. The molecule has 0 heterocycles. The first-order chi connectivity index (χ1) is 18.0. The molecule has 2 aliphatic carbocycles. The van der Waals surface area contributed by atoms with Gasteiger partial charge in [-0.2, -0.15) is 19.6 Å². The minimum atomic E-state index is -0.913. The second-order valence-corrected chi connectivity index (χ2v) is 16.3. The fourth-order valence-corrected chi connectivity index (χ4v) is 5.51. The third-order valence-electron chi connectivity index (χ3n) is 7.90. The summed E-state index contributed by atoms with van der Waals surface area (Å²) in [4.78, 5) is 47.0. The zero-order valence-corrected chi connectivity index (χ0v) is 28.3. The van der Waals surface area contributed by atoms with Crippen LogP contribution in [0, 0.1) is 17.3 Å². The lowest BCUT2D eigenvalue weighted by Crippen LogP contribution is -2.49. The van der Waals surface area contributed by atoms with E-state index in [1.54, 1.807) is 0 Å². The normalized spacial score (nSPS) is 22.1. The van der Waals surface area contributed by atoms with E-state index in [-0.39, 0.29) is 5.41 Å². The summed E-state index contributed by atoms with van der Waals surface area (Å²) >= 11 is 0. The summed E-state index contributed by atoms with van der Waals surface area (Å²) in [5.74, 6) is -0.774. The molecule has 0 saturated heterocycles. The SMILES string of the molecule is CCC(C)(C1CCC(OOC(C)(C)C)(OOC(C)(C)C)CC1)C1CCC(OOC(C)(C)C)(OOC(C)(C)C)CC1. The summed E-state index contributed by atoms with van der Waals surface area (Å²) in [6.45, 7) is 28.5. The molecule has 0 atom stereocenters. The summed E-state index contributed by atoms with van der Waals surface area (Å²) in [5, 5.41) is 0. The number of rotatable bonds is 11. The van der Waals surface area contributed by atoms with Crippen molar-refractivity contribution in [1.82, 2.24) is 0 Å². The van der Waals surface area contributed by atoms with Gasteiger partial charge in [0.25, 0.3) is 0 Å². The van der Waals surface area contributed by atoms with Crippen molar-refractivity contribution in [3.63, 3.8) is 0 Å². The molecule has 0 aromatic heterocycles. The summed E-state index contributed by atoms with van der Waals surface area (Å²) in [7, 11) is 0. The maximum absolute atomic E-state index is 6.00.